The molecule has 2 aromatic rings. The Bertz CT molecular complexity index is 727. The molecule has 0 fully saturated rings. The van der Waals surface area contributed by atoms with E-state index in [1.165, 1.54) is 0 Å². The number of aryl methyl sites for hydroxylation is 2. The average molecular weight is 463 g/mol. The Labute approximate surface area is 155 Å². The monoisotopic (exact) mass is 460 g/mol. The molecular weight excluding hydrogens is 455 g/mol. The topological polar surface area (TPSA) is 73.4 Å². The summed E-state index contributed by atoms with van der Waals surface area (Å²) in [6.07, 6.45) is 0. The van der Waals surface area contributed by atoms with Crippen LogP contribution in [0.2, 0.25) is 10.3 Å². The van der Waals surface area contributed by atoms with Crippen molar-refractivity contribution in [3.8, 4) is 12.1 Å². The Kier molecular flexibility index (Phi) is 7.25. The third-order valence-electron chi connectivity index (χ3n) is 2.42. The van der Waals surface area contributed by atoms with E-state index in [1.807, 2.05) is 26.0 Å². The standard InChI is InChI=1S/2C7H4BrClN2/c2*1-4-2-5(8)6(3-10)11-7(4)9/h2*2H,1H3. The molecule has 0 spiro atoms. The molecule has 22 heavy (non-hydrogen) atoms. The number of nitriles is 2. The quantitative estimate of drug-likeness (QED) is 0.494. The molecule has 0 saturated carbocycles. The first-order valence-corrected chi connectivity index (χ1v) is 8.09. The van der Waals surface area contributed by atoms with E-state index in [2.05, 4.69) is 41.8 Å². The van der Waals surface area contributed by atoms with Gasteiger partial charge in [-0.15, -0.1) is 0 Å². The Balaban J connectivity index is 0.000000220. The smallest absolute Gasteiger partial charge is 0.156 e. The lowest BCUT2D eigenvalue weighted by Crippen LogP contribution is -1.87. The van der Waals surface area contributed by atoms with Gasteiger partial charge < -0.3 is 0 Å². The summed E-state index contributed by atoms with van der Waals surface area (Å²) in [4.78, 5) is 7.70. The second-order valence-electron chi connectivity index (χ2n) is 4.08. The van der Waals surface area contributed by atoms with Crippen molar-refractivity contribution >= 4 is 55.1 Å². The lowest BCUT2D eigenvalue weighted by molar-refractivity contribution is 1.20. The van der Waals surface area contributed by atoms with Crippen LogP contribution in [0.25, 0.3) is 0 Å². The van der Waals surface area contributed by atoms with Crippen LogP contribution in [0.1, 0.15) is 22.5 Å². The van der Waals surface area contributed by atoms with Crippen LogP contribution in [0.15, 0.2) is 21.1 Å². The maximum absolute atomic E-state index is 8.53. The van der Waals surface area contributed by atoms with Crippen LogP contribution in [0.4, 0.5) is 0 Å². The van der Waals surface area contributed by atoms with Gasteiger partial charge in [-0.3, -0.25) is 0 Å². The molecule has 0 aliphatic carbocycles. The number of hydrogen-bond acceptors (Lipinski definition) is 4. The van der Waals surface area contributed by atoms with Crippen LogP contribution in [-0.4, -0.2) is 9.97 Å². The second kappa shape index (κ2) is 8.45. The fourth-order valence-electron chi connectivity index (χ4n) is 1.27. The van der Waals surface area contributed by atoms with Crippen LogP contribution in [0, 0.1) is 36.5 Å². The highest BCUT2D eigenvalue weighted by molar-refractivity contribution is 9.10. The van der Waals surface area contributed by atoms with Crippen molar-refractivity contribution in [3.05, 3.63) is 53.9 Å². The van der Waals surface area contributed by atoms with E-state index in [1.54, 1.807) is 12.1 Å². The maximum Gasteiger partial charge on any atom is 0.156 e. The minimum atomic E-state index is 0.320. The minimum Gasteiger partial charge on any atom is -0.224 e. The molecule has 0 saturated heterocycles. The van der Waals surface area contributed by atoms with Crippen molar-refractivity contribution < 1.29 is 0 Å². The van der Waals surface area contributed by atoms with Gasteiger partial charge in [0.15, 0.2) is 11.4 Å². The summed E-state index contributed by atoms with van der Waals surface area (Å²) in [5, 5.41) is 17.8. The molecule has 2 aromatic heterocycles. The number of nitrogens with zero attached hydrogens (tertiary/aromatic N) is 4. The molecule has 0 aliphatic heterocycles. The van der Waals surface area contributed by atoms with Crippen molar-refractivity contribution in [1.82, 2.24) is 9.97 Å². The highest BCUT2D eigenvalue weighted by Crippen LogP contribution is 2.21. The van der Waals surface area contributed by atoms with Gasteiger partial charge >= 0.3 is 0 Å². The summed E-state index contributed by atoms with van der Waals surface area (Å²) in [7, 11) is 0. The summed E-state index contributed by atoms with van der Waals surface area (Å²) >= 11 is 17.8. The number of pyridine rings is 2. The Morgan fingerprint density at radius 1 is 0.864 bits per heavy atom. The van der Waals surface area contributed by atoms with Crippen molar-refractivity contribution in [2.75, 3.05) is 0 Å². The summed E-state index contributed by atoms with van der Waals surface area (Å²) in [6.45, 7) is 3.67. The van der Waals surface area contributed by atoms with Crippen molar-refractivity contribution in [3.63, 3.8) is 0 Å². The fraction of sp³-hybridized carbons (Fsp3) is 0.143. The third kappa shape index (κ3) is 4.93. The van der Waals surface area contributed by atoms with Gasteiger partial charge in [-0.05, 0) is 69.0 Å². The predicted molar refractivity (Wildman–Crippen MR) is 92.8 cm³/mol. The van der Waals surface area contributed by atoms with Gasteiger partial charge in [0.2, 0.25) is 0 Å². The molecule has 0 radical (unpaired) electrons. The number of rotatable bonds is 0. The van der Waals surface area contributed by atoms with Crippen molar-refractivity contribution in [2.45, 2.75) is 13.8 Å². The summed E-state index contributed by atoms with van der Waals surface area (Å²) in [6, 6.07) is 7.39. The van der Waals surface area contributed by atoms with E-state index in [0.29, 0.717) is 30.6 Å². The first-order chi connectivity index (χ1) is 10.3. The van der Waals surface area contributed by atoms with Gasteiger partial charge in [0.25, 0.3) is 0 Å². The molecule has 8 heteroatoms. The molecule has 0 atom stereocenters. The van der Waals surface area contributed by atoms with Crippen LogP contribution >= 0.6 is 55.1 Å². The highest BCUT2D eigenvalue weighted by atomic mass is 79.9. The first-order valence-electron chi connectivity index (χ1n) is 5.75. The summed E-state index contributed by atoms with van der Waals surface area (Å²) in [5.41, 5.74) is 2.36. The molecule has 0 aromatic carbocycles. The van der Waals surface area contributed by atoms with Gasteiger partial charge in [0.05, 0.1) is 8.95 Å². The predicted octanol–water partition coefficient (Wildman–Crippen LogP) is 5.36. The molecular formula is C14H8Br2Cl2N4. The zero-order valence-electron chi connectivity index (χ0n) is 11.5. The molecule has 0 bridgehead atoms. The lowest BCUT2D eigenvalue weighted by Gasteiger charge is -1.98. The minimum absolute atomic E-state index is 0.320. The second-order valence-corrected chi connectivity index (χ2v) is 6.50. The van der Waals surface area contributed by atoms with Gasteiger partial charge in [-0.2, -0.15) is 10.5 Å². The molecule has 0 N–H and O–H groups in total. The molecule has 0 unspecified atom stereocenters. The van der Waals surface area contributed by atoms with Crippen molar-refractivity contribution in [2.24, 2.45) is 0 Å². The van der Waals surface area contributed by atoms with E-state index in [0.717, 1.165) is 11.1 Å². The Morgan fingerprint density at radius 3 is 1.45 bits per heavy atom. The molecule has 0 aliphatic rings. The third-order valence-corrected chi connectivity index (χ3v) is 4.40. The van der Waals surface area contributed by atoms with E-state index in [-0.39, 0.29) is 0 Å². The van der Waals surface area contributed by atoms with Crippen LogP contribution in [-0.2, 0) is 0 Å². The van der Waals surface area contributed by atoms with Gasteiger partial charge in [0.1, 0.15) is 22.4 Å². The van der Waals surface area contributed by atoms with E-state index in [4.69, 9.17) is 33.7 Å². The SMILES string of the molecule is Cc1cc(Br)c(C#N)nc1Cl.Cc1cc(Br)c(C#N)nc1Cl. The number of aromatic nitrogens is 2. The van der Waals surface area contributed by atoms with Crippen molar-refractivity contribution in [1.29, 1.82) is 10.5 Å². The van der Waals surface area contributed by atoms with Crippen LogP contribution < -0.4 is 0 Å². The lowest BCUT2D eigenvalue weighted by atomic mass is 10.3. The average Bonchev–Trinajstić information content (AvgIpc) is 2.47. The first kappa shape index (κ1) is 18.9. The van der Waals surface area contributed by atoms with E-state index < -0.39 is 0 Å². The molecule has 2 heterocycles. The normalized spacial score (nSPS) is 9.27. The Hall–Kier alpha value is -1.18. The highest BCUT2D eigenvalue weighted by Gasteiger charge is 2.04. The van der Waals surface area contributed by atoms with Gasteiger partial charge in [0, 0.05) is 0 Å². The molecule has 2 rings (SSSR count). The van der Waals surface area contributed by atoms with E-state index in [9.17, 15) is 0 Å². The summed E-state index contributed by atoms with van der Waals surface area (Å²) < 4.78 is 1.36. The maximum atomic E-state index is 8.53. The van der Waals surface area contributed by atoms with Crippen LogP contribution in [0.5, 0.6) is 0 Å². The Morgan fingerprint density at radius 2 is 1.18 bits per heavy atom. The molecule has 0 amide bonds. The largest absolute Gasteiger partial charge is 0.224 e. The van der Waals surface area contributed by atoms with Crippen LogP contribution in [0.3, 0.4) is 0 Å². The van der Waals surface area contributed by atoms with Gasteiger partial charge in [-0.25, -0.2) is 9.97 Å². The summed E-state index contributed by atoms with van der Waals surface area (Å²) in [5.74, 6) is 0. The van der Waals surface area contributed by atoms with Gasteiger partial charge in [-0.1, -0.05) is 23.2 Å². The zero-order valence-corrected chi connectivity index (χ0v) is 16.1. The molecule has 4 nitrogen and oxygen atoms in total. The number of hydrogen-bond donors (Lipinski definition) is 0. The zero-order chi connectivity index (χ0) is 16.9. The molecule has 112 valence electrons. The van der Waals surface area contributed by atoms with E-state index >= 15 is 0 Å². The number of halogens is 4. The fourth-order valence-corrected chi connectivity index (χ4v) is 2.59.